The van der Waals surface area contributed by atoms with Crippen LogP contribution in [0.2, 0.25) is 0 Å². The Labute approximate surface area is 242 Å². The van der Waals surface area contributed by atoms with Gasteiger partial charge in [-0.25, -0.2) is 4.42 Å². The van der Waals surface area contributed by atoms with Gasteiger partial charge in [0.25, 0.3) is 0 Å². The Morgan fingerprint density at radius 2 is 1.33 bits per heavy atom. The minimum atomic E-state index is -1.88. The molecule has 0 aliphatic carbocycles. The molecule has 43 heavy (non-hydrogen) atoms. The highest BCUT2D eigenvalue weighted by Gasteiger charge is 2.48. The molecule has 0 amide bonds. The van der Waals surface area contributed by atoms with E-state index in [0.717, 1.165) is 24.3 Å². The van der Waals surface area contributed by atoms with Crippen LogP contribution in [0.4, 0.5) is 0 Å². The predicted molar refractivity (Wildman–Crippen MR) is 140 cm³/mol. The van der Waals surface area contributed by atoms with E-state index in [4.69, 9.17) is 23.4 Å². The van der Waals surface area contributed by atoms with Crippen LogP contribution in [0.5, 0.6) is 34.5 Å². The molecule has 5 rings (SSSR count). The van der Waals surface area contributed by atoms with Gasteiger partial charge in [0.2, 0.25) is 12.0 Å². The Kier molecular flexibility index (Phi) is 8.41. The van der Waals surface area contributed by atoms with Crippen molar-refractivity contribution in [2.45, 2.75) is 68.3 Å². The summed E-state index contributed by atoms with van der Waals surface area (Å²) in [5.74, 6) is -3.64. The van der Waals surface area contributed by atoms with E-state index in [1.807, 2.05) is 0 Å². The van der Waals surface area contributed by atoms with E-state index in [0.29, 0.717) is 0 Å². The molecule has 16 heteroatoms. The van der Waals surface area contributed by atoms with E-state index in [2.05, 4.69) is 0 Å². The maximum Gasteiger partial charge on any atom is 0.402 e. The summed E-state index contributed by atoms with van der Waals surface area (Å²) < 4.78 is 28.1. The van der Waals surface area contributed by atoms with Crippen LogP contribution in [-0.2, 0) is 14.2 Å². The number of phenolic OH excluding ortho intramolecular Hbond substituents is 5. The third-order valence-electron chi connectivity index (χ3n) is 7.29. The fourth-order valence-corrected chi connectivity index (χ4v) is 4.83. The summed E-state index contributed by atoms with van der Waals surface area (Å²) in [6.45, 7) is 0.877. The number of rotatable bonds is 6. The lowest BCUT2D eigenvalue weighted by atomic mass is 9.98. The number of hydrogen-bond donors (Lipinski definition) is 11. The van der Waals surface area contributed by atoms with Crippen molar-refractivity contribution in [1.82, 2.24) is 0 Å². The fourth-order valence-electron chi connectivity index (χ4n) is 4.83. The van der Waals surface area contributed by atoms with E-state index in [-0.39, 0.29) is 33.8 Å². The normalized spacial score (nSPS) is 33.0. The number of ether oxygens (including phenoxy) is 4. The van der Waals surface area contributed by atoms with Crippen molar-refractivity contribution in [3.05, 3.63) is 30.3 Å². The van der Waals surface area contributed by atoms with Gasteiger partial charge in [-0.05, 0) is 6.92 Å². The van der Waals surface area contributed by atoms with E-state index in [1.165, 1.54) is 13.0 Å². The average molecular weight is 612 g/mol. The average Bonchev–Trinajstić information content (AvgIpc) is 2.96. The minimum absolute atomic E-state index is 0.00726. The zero-order valence-corrected chi connectivity index (χ0v) is 22.3. The highest BCUT2D eigenvalue weighted by atomic mass is 16.7. The van der Waals surface area contributed by atoms with Crippen LogP contribution in [0.25, 0.3) is 22.3 Å². The first-order valence-electron chi connectivity index (χ1n) is 13.0. The molecule has 2 fully saturated rings. The minimum Gasteiger partial charge on any atom is -0.507 e. The topological polar surface area (TPSA) is 271 Å². The third kappa shape index (κ3) is 5.79. The van der Waals surface area contributed by atoms with Crippen molar-refractivity contribution < 1.29 is 79.5 Å². The first-order valence-corrected chi connectivity index (χ1v) is 13.0. The molecular formula is C27H31O16+. The van der Waals surface area contributed by atoms with E-state index < -0.39 is 91.0 Å². The van der Waals surface area contributed by atoms with Crippen molar-refractivity contribution in [3.8, 4) is 45.8 Å². The standard InChI is InChI=1S/C27H30O16/c1-8-18(32)21(35)23(37)26(40-8)39-7-17-20(34)22(36)24(38)27(43-17)42-16-6-11-12(29)4-10(28)5-15(11)41-25(16)9-2-13(30)19(33)14(31)3-9/h2-6,8,17-18,20-24,26-27,32,34-38H,7H2,1H3,(H4-,28,29,30,31,33)/p+1/t8?,17?,18-,20+,21-,22?,23?,24?,26+,27+/m0/s1. The molecule has 3 heterocycles. The number of benzene rings is 2. The third-order valence-corrected chi connectivity index (χ3v) is 7.29. The molecule has 0 bridgehead atoms. The lowest BCUT2D eigenvalue weighted by Gasteiger charge is -2.42. The van der Waals surface area contributed by atoms with Gasteiger partial charge in [-0.3, -0.25) is 0 Å². The maximum absolute atomic E-state index is 10.7. The largest absolute Gasteiger partial charge is 0.507 e. The van der Waals surface area contributed by atoms with Crippen molar-refractivity contribution >= 4 is 11.0 Å². The van der Waals surface area contributed by atoms with Crippen LogP contribution in [0.1, 0.15) is 6.92 Å². The van der Waals surface area contributed by atoms with E-state index in [9.17, 15) is 56.2 Å². The predicted octanol–water partition coefficient (Wildman–Crippen LogP) is -1.06. The summed E-state index contributed by atoms with van der Waals surface area (Å²) in [6, 6.07) is 5.39. The zero-order valence-electron chi connectivity index (χ0n) is 22.3. The second kappa shape index (κ2) is 11.8. The number of aromatic hydroxyl groups is 5. The second-order valence-electron chi connectivity index (χ2n) is 10.3. The Balaban J connectivity index is 1.46. The zero-order chi connectivity index (χ0) is 31.3. The van der Waals surface area contributed by atoms with Crippen LogP contribution in [0.15, 0.2) is 34.7 Å². The quantitative estimate of drug-likeness (QED) is 0.117. The van der Waals surface area contributed by atoms with E-state index in [1.54, 1.807) is 0 Å². The Morgan fingerprint density at radius 3 is 2.00 bits per heavy atom. The van der Waals surface area contributed by atoms with Crippen LogP contribution in [-0.4, -0.2) is 124 Å². The van der Waals surface area contributed by atoms with Crippen molar-refractivity contribution in [1.29, 1.82) is 0 Å². The van der Waals surface area contributed by atoms with Gasteiger partial charge < -0.3 is 75.1 Å². The molecule has 0 saturated carbocycles. The van der Waals surface area contributed by atoms with Gasteiger partial charge in [-0.15, -0.1) is 0 Å². The van der Waals surface area contributed by atoms with Crippen LogP contribution in [0, 0.1) is 0 Å². The molecule has 10 atom stereocenters. The molecule has 16 nitrogen and oxygen atoms in total. The summed E-state index contributed by atoms with van der Waals surface area (Å²) in [7, 11) is 0. The smallest absolute Gasteiger partial charge is 0.402 e. The molecule has 0 radical (unpaired) electrons. The molecule has 1 aromatic heterocycles. The molecule has 2 aliphatic rings. The molecule has 11 N–H and O–H groups in total. The molecule has 2 saturated heterocycles. The molecule has 2 aliphatic heterocycles. The van der Waals surface area contributed by atoms with Crippen molar-refractivity contribution in [2.75, 3.05) is 6.61 Å². The van der Waals surface area contributed by atoms with Gasteiger partial charge in [0, 0.05) is 24.3 Å². The first kappa shape index (κ1) is 30.7. The second-order valence-corrected chi connectivity index (χ2v) is 10.3. The summed E-state index contributed by atoms with van der Waals surface area (Å²) >= 11 is 0. The lowest BCUT2D eigenvalue weighted by Crippen LogP contribution is -2.61. The van der Waals surface area contributed by atoms with Gasteiger partial charge >= 0.3 is 11.3 Å². The lowest BCUT2D eigenvalue weighted by molar-refractivity contribution is -0.318. The SMILES string of the molecule is CC1O[C@@H](OCC2O[C@@H](Oc3cc4c(O)cc(O)cc4[o+]c3-c3cc(O)c(O)c(O)c3)C(O)C(O)[C@@H]2O)C(O)[C@@H](O)[C@H]1O. The maximum atomic E-state index is 10.7. The number of aliphatic hydroxyl groups excluding tert-OH is 6. The molecular weight excluding hydrogens is 580 g/mol. The van der Waals surface area contributed by atoms with Gasteiger partial charge in [0.1, 0.15) is 59.6 Å². The Morgan fingerprint density at radius 1 is 0.698 bits per heavy atom. The number of hydrogen-bond acceptors (Lipinski definition) is 15. The number of aliphatic hydroxyl groups is 6. The molecule has 5 unspecified atom stereocenters. The van der Waals surface area contributed by atoms with Crippen LogP contribution >= 0.6 is 0 Å². The van der Waals surface area contributed by atoms with Crippen molar-refractivity contribution in [3.63, 3.8) is 0 Å². The summed E-state index contributed by atoms with van der Waals surface area (Å²) in [6.07, 6.45) is -15.6. The van der Waals surface area contributed by atoms with E-state index >= 15 is 0 Å². The highest BCUT2D eigenvalue weighted by molar-refractivity contribution is 5.88. The summed E-state index contributed by atoms with van der Waals surface area (Å²) in [5.41, 5.74) is -0.150. The van der Waals surface area contributed by atoms with Gasteiger partial charge in [-0.2, -0.15) is 0 Å². The fraction of sp³-hybridized carbons (Fsp3) is 0.444. The monoisotopic (exact) mass is 611 g/mol. The van der Waals surface area contributed by atoms with Gasteiger partial charge in [-0.1, -0.05) is 0 Å². The number of fused-ring (bicyclic) bond motifs is 1. The van der Waals surface area contributed by atoms with Crippen LogP contribution in [0.3, 0.4) is 0 Å². The molecule has 2 aromatic carbocycles. The summed E-state index contributed by atoms with van der Waals surface area (Å²) in [5, 5.41) is 112. The molecule has 234 valence electrons. The first-order chi connectivity index (χ1) is 20.3. The van der Waals surface area contributed by atoms with Crippen LogP contribution < -0.4 is 4.74 Å². The van der Waals surface area contributed by atoms with Gasteiger partial charge in [0.05, 0.1) is 24.3 Å². The number of phenols is 5. The van der Waals surface area contributed by atoms with Gasteiger partial charge in [0.15, 0.2) is 23.5 Å². The molecule has 3 aromatic rings. The summed E-state index contributed by atoms with van der Waals surface area (Å²) in [4.78, 5) is 0. The highest BCUT2D eigenvalue weighted by Crippen LogP contribution is 2.45. The Hall–Kier alpha value is -3.71. The van der Waals surface area contributed by atoms with Crippen molar-refractivity contribution in [2.24, 2.45) is 0 Å². The Bertz CT molecular complexity index is 1460. The molecule has 0 spiro atoms.